The molecule has 0 unspecified atom stereocenters. The Labute approximate surface area is 262 Å². The Morgan fingerprint density at radius 2 is 1.57 bits per heavy atom. The van der Waals surface area contributed by atoms with Gasteiger partial charge in [-0.15, -0.1) is 0 Å². The van der Waals surface area contributed by atoms with Gasteiger partial charge in [-0.1, -0.05) is 90.1 Å². The van der Waals surface area contributed by atoms with E-state index >= 15 is 0 Å². The quantitative estimate of drug-likeness (QED) is 0.260. The first-order valence-corrected chi connectivity index (χ1v) is 16.7. The molecule has 0 saturated heterocycles. The molecular weight excluding hydrogens is 617 g/mol. The van der Waals surface area contributed by atoms with E-state index in [4.69, 9.17) is 34.8 Å². The SMILES string of the molecule is Cc1ccc(N(CC(=O)N(Cc2c(Cl)cccc2Cl)[C@H](Cc2ccccc2)C(=O)NC2CCCC2)S(C)(=O)=O)cc1Cl. The second kappa shape index (κ2) is 14.1. The van der Waals surface area contributed by atoms with E-state index in [-0.39, 0.29) is 30.6 Å². The van der Waals surface area contributed by atoms with E-state index in [0.717, 1.165) is 47.4 Å². The average molecular weight is 651 g/mol. The van der Waals surface area contributed by atoms with Crippen LogP contribution in [0.3, 0.4) is 0 Å². The van der Waals surface area contributed by atoms with Crippen LogP contribution in [0.15, 0.2) is 66.7 Å². The molecular formula is C31H34Cl3N3O4S. The van der Waals surface area contributed by atoms with Gasteiger partial charge in [0.15, 0.2) is 0 Å². The predicted molar refractivity (Wildman–Crippen MR) is 170 cm³/mol. The van der Waals surface area contributed by atoms with Crippen LogP contribution in [-0.4, -0.2) is 50.0 Å². The van der Waals surface area contributed by atoms with Gasteiger partial charge in [0.2, 0.25) is 21.8 Å². The molecule has 0 radical (unpaired) electrons. The number of hydrogen-bond acceptors (Lipinski definition) is 4. The van der Waals surface area contributed by atoms with Crippen molar-refractivity contribution < 1.29 is 18.0 Å². The van der Waals surface area contributed by atoms with Gasteiger partial charge >= 0.3 is 0 Å². The van der Waals surface area contributed by atoms with E-state index in [1.165, 1.54) is 11.0 Å². The molecule has 0 heterocycles. The van der Waals surface area contributed by atoms with Crippen LogP contribution in [0.1, 0.15) is 42.4 Å². The van der Waals surface area contributed by atoms with Gasteiger partial charge in [0.25, 0.3) is 0 Å². The van der Waals surface area contributed by atoms with Gasteiger partial charge in [0.05, 0.1) is 11.9 Å². The van der Waals surface area contributed by atoms with Crippen LogP contribution in [0.4, 0.5) is 5.69 Å². The van der Waals surface area contributed by atoms with Crippen LogP contribution < -0.4 is 9.62 Å². The average Bonchev–Trinajstić information content (AvgIpc) is 3.45. The predicted octanol–water partition coefficient (Wildman–Crippen LogP) is 6.42. The highest BCUT2D eigenvalue weighted by molar-refractivity contribution is 7.92. The number of carbonyl (C=O) groups is 2. The first-order valence-electron chi connectivity index (χ1n) is 13.7. The third-order valence-electron chi connectivity index (χ3n) is 7.49. The fourth-order valence-electron chi connectivity index (χ4n) is 5.13. The summed E-state index contributed by atoms with van der Waals surface area (Å²) in [4.78, 5) is 29.6. The minimum Gasteiger partial charge on any atom is -0.352 e. The van der Waals surface area contributed by atoms with Crippen molar-refractivity contribution in [3.63, 3.8) is 0 Å². The molecule has 4 rings (SSSR count). The third-order valence-corrected chi connectivity index (χ3v) is 9.74. The standard InChI is InChI=1S/C31H34Cl3N3O4S/c1-21-15-16-24(18-28(21)34)37(42(2,40)41)20-30(38)36(19-25-26(32)13-8-14-27(25)33)29(17-22-9-4-3-5-10-22)31(39)35-23-11-6-7-12-23/h3-5,8-10,13-16,18,23,29H,6-7,11-12,17,19-20H2,1-2H3,(H,35,39)/t29-/m1/s1. The number of aryl methyl sites for hydroxylation is 1. The number of benzene rings is 3. The van der Waals surface area contributed by atoms with Gasteiger partial charge in [0, 0.05) is 39.6 Å². The summed E-state index contributed by atoms with van der Waals surface area (Å²) in [5, 5.41) is 4.16. The lowest BCUT2D eigenvalue weighted by atomic mass is 10.0. The lowest BCUT2D eigenvalue weighted by Crippen LogP contribution is -2.54. The van der Waals surface area contributed by atoms with Crippen molar-refractivity contribution in [3.8, 4) is 0 Å². The highest BCUT2D eigenvalue weighted by Crippen LogP contribution is 2.29. The molecule has 1 fully saturated rings. The summed E-state index contributed by atoms with van der Waals surface area (Å²) in [6.45, 7) is 1.15. The molecule has 1 aliphatic carbocycles. The Hall–Kier alpha value is -2.78. The molecule has 2 amide bonds. The van der Waals surface area contributed by atoms with Crippen LogP contribution >= 0.6 is 34.8 Å². The Morgan fingerprint density at radius 1 is 0.929 bits per heavy atom. The minimum atomic E-state index is -3.91. The number of nitrogens with one attached hydrogen (secondary N) is 1. The van der Waals surface area contributed by atoms with E-state index in [9.17, 15) is 18.0 Å². The molecule has 1 aliphatic rings. The summed E-state index contributed by atoms with van der Waals surface area (Å²) >= 11 is 19.4. The van der Waals surface area contributed by atoms with Gasteiger partial charge in [0.1, 0.15) is 12.6 Å². The molecule has 11 heteroatoms. The lowest BCUT2D eigenvalue weighted by molar-refractivity contribution is -0.140. The number of amides is 2. The maximum Gasteiger partial charge on any atom is 0.244 e. The van der Waals surface area contributed by atoms with Gasteiger partial charge in [-0.05, 0) is 55.2 Å². The lowest BCUT2D eigenvalue weighted by Gasteiger charge is -2.34. The van der Waals surface area contributed by atoms with Crippen LogP contribution in [0, 0.1) is 6.92 Å². The second-order valence-corrected chi connectivity index (χ2v) is 13.7. The monoisotopic (exact) mass is 649 g/mol. The van der Waals surface area contributed by atoms with Gasteiger partial charge < -0.3 is 10.2 Å². The summed E-state index contributed by atoms with van der Waals surface area (Å²) in [6.07, 6.45) is 5.01. The molecule has 0 bridgehead atoms. The van der Waals surface area contributed by atoms with Crippen molar-refractivity contribution in [3.05, 3.63) is 98.5 Å². The molecule has 3 aromatic carbocycles. The van der Waals surface area contributed by atoms with Crippen molar-refractivity contribution in [1.29, 1.82) is 0 Å². The molecule has 3 aromatic rings. The van der Waals surface area contributed by atoms with Crippen molar-refractivity contribution in [1.82, 2.24) is 10.2 Å². The van der Waals surface area contributed by atoms with Crippen LogP contribution in [0.2, 0.25) is 15.1 Å². The van der Waals surface area contributed by atoms with Crippen molar-refractivity contribution in [2.45, 2.75) is 57.7 Å². The molecule has 1 N–H and O–H groups in total. The molecule has 42 heavy (non-hydrogen) atoms. The number of anilines is 1. The maximum atomic E-state index is 14.2. The number of nitrogens with zero attached hydrogens (tertiary/aromatic N) is 2. The molecule has 0 aromatic heterocycles. The van der Waals surface area contributed by atoms with Crippen molar-refractivity contribution in [2.24, 2.45) is 0 Å². The fourth-order valence-corrected chi connectivity index (χ4v) is 6.66. The zero-order valence-corrected chi connectivity index (χ0v) is 26.6. The number of hydrogen-bond donors (Lipinski definition) is 1. The smallest absolute Gasteiger partial charge is 0.244 e. The molecule has 224 valence electrons. The Kier molecular flexibility index (Phi) is 10.8. The number of sulfonamides is 1. The number of rotatable bonds is 11. The van der Waals surface area contributed by atoms with E-state index in [1.807, 2.05) is 30.3 Å². The number of halogens is 3. The first kappa shape index (κ1) is 32.1. The fraction of sp³-hybridized carbons (Fsp3) is 0.355. The second-order valence-electron chi connectivity index (χ2n) is 10.6. The van der Waals surface area contributed by atoms with Gasteiger partial charge in [-0.3, -0.25) is 13.9 Å². The van der Waals surface area contributed by atoms with Crippen molar-refractivity contribution >= 4 is 62.3 Å². The molecule has 7 nitrogen and oxygen atoms in total. The highest BCUT2D eigenvalue weighted by Gasteiger charge is 2.35. The molecule has 1 atom stereocenters. The topological polar surface area (TPSA) is 86.8 Å². The summed E-state index contributed by atoms with van der Waals surface area (Å²) in [5.41, 5.74) is 2.32. The summed E-state index contributed by atoms with van der Waals surface area (Å²) in [6, 6.07) is 18.2. The van der Waals surface area contributed by atoms with Crippen LogP contribution in [0.5, 0.6) is 0 Å². The van der Waals surface area contributed by atoms with E-state index < -0.39 is 28.5 Å². The zero-order valence-electron chi connectivity index (χ0n) is 23.5. The Morgan fingerprint density at radius 3 is 2.17 bits per heavy atom. The molecule has 1 saturated carbocycles. The van der Waals surface area contributed by atoms with Gasteiger partial charge in [-0.25, -0.2) is 8.42 Å². The Balaban J connectivity index is 1.77. The van der Waals surface area contributed by atoms with E-state index in [2.05, 4.69) is 5.32 Å². The largest absolute Gasteiger partial charge is 0.352 e. The highest BCUT2D eigenvalue weighted by atomic mass is 35.5. The molecule has 0 spiro atoms. The van der Waals surface area contributed by atoms with Crippen LogP contribution in [-0.2, 0) is 32.6 Å². The normalized spacial score (nSPS) is 14.4. The van der Waals surface area contributed by atoms with E-state index in [1.54, 1.807) is 37.3 Å². The zero-order chi connectivity index (χ0) is 30.4. The summed E-state index contributed by atoms with van der Waals surface area (Å²) in [7, 11) is -3.91. The first-order chi connectivity index (χ1) is 19.9. The minimum absolute atomic E-state index is 0.0128. The molecule has 0 aliphatic heterocycles. The van der Waals surface area contributed by atoms with Crippen molar-refractivity contribution in [2.75, 3.05) is 17.1 Å². The summed E-state index contributed by atoms with van der Waals surface area (Å²) < 4.78 is 26.9. The maximum absolute atomic E-state index is 14.2. The Bertz CT molecular complexity index is 1510. The van der Waals surface area contributed by atoms with Crippen LogP contribution in [0.25, 0.3) is 0 Å². The summed E-state index contributed by atoms with van der Waals surface area (Å²) in [5.74, 6) is -0.901. The van der Waals surface area contributed by atoms with E-state index in [0.29, 0.717) is 20.6 Å². The van der Waals surface area contributed by atoms with Gasteiger partial charge in [-0.2, -0.15) is 0 Å². The third kappa shape index (κ3) is 8.19. The number of carbonyl (C=O) groups excluding carboxylic acids is 2.